The molecule has 0 bridgehead atoms. The van der Waals surface area contributed by atoms with Gasteiger partial charge in [0.15, 0.2) is 0 Å². The van der Waals surface area contributed by atoms with E-state index in [1.165, 1.54) is 16.7 Å². The molecule has 0 aliphatic carbocycles. The zero-order chi connectivity index (χ0) is 8.43. The van der Waals surface area contributed by atoms with Gasteiger partial charge in [0, 0.05) is 0 Å². The van der Waals surface area contributed by atoms with E-state index in [4.69, 9.17) is 0 Å². The predicted octanol–water partition coefficient (Wildman–Crippen LogP) is 3.16. The first-order valence-corrected chi connectivity index (χ1v) is 4.58. The van der Waals surface area contributed by atoms with Gasteiger partial charge in [-0.2, -0.15) is 25.3 Å². The Bertz CT molecular complexity index is 233. The third-order valence-electron chi connectivity index (χ3n) is 1.80. The van der Waals surface area contributed by atoms with Crippen molar-refractivity contribution in [3.8, 4) is 0 Å². The average Bonchev–Trinajstić information content (AvgIpc) is 1.85. The minimum absolute atomic E-state index is 0.0381. The molecule has 0 radical (unpaired) electrons. The van der Waals surface area contributed by atoms with Gasteiger partial charge >= 0.3 is 0 Å². The van der Waals surface area contributed by atoms with Crippen molar-refractivity contribution >= 4 is 25.3 Å². The Labute approximate surface area is 78.8 Å². The summed E-state index contributed by atoms with van der Waals surface area (Å²) in [5.74, 6) is 0. The lowest BCUT2D eigenvalue weighted by atomic mass is 10.0. The largest absolute Gasteiger partial charge is 0.160 e. The van der Waals surface area contributed by atoms with Crippen LogP contribution >= 0.6 is 25.3 Å². The molecule has 2 heteroatoms. The van der Waals surface area contributed by atoms with Crippen molar-refractivity contribution in [1.29, 1.82) is 0 Å². The number of hydrogen-bond donors (Lipinski definition) is 2. The monoisotopic (exact) mass is 184 g/mol. The molecule has 1 aromatic rings. The maximum atomic E-state index is 4.29. The first kappa shape index (κ1) is 9.01. The van der Waals surface area contributed by atoms with Crippen LogP contribution in [0.1, 0.15) is 21.3 Å². The summed E-state index contributed by atoms with van der Waals surface area (Å²) in [4.78, 5) is 0. The van der Waals surface area contributed by atoms with Crippen LogP contribution in [0.4, 0.5) is 0 Å². The normalized spacial score (nSPS) is 10.6. The van der Waals surface area contributed by atoms with E-state index in [-0.39, 0.29) is 4.58 Å². The third kappa shape index (κ3) is 1.94. The maximum absolute atomic E-state index is 4.29. The highest BCUT2D eigenvalue weighted by atomic mass is 32.2. The number of thiol groups is 2. The second kappa shape index (κ2) is 3.55. The zero-order valence-corrected chi connectivity index (χ0v) is 8.49. The van der Waals surface area contributed by atoms with Crippen LogP contribution in [0.3, 0.4) is 0 Å². The first-order chi connectivity index (χ1) is 5.13. The van der Waals surface area contributed by atoms with Gasteiger partial charge in [-0.3, -0.25) is 0 Å². The number of benzene rings is 1. The summed E-state index contributed by atoms with van der Waals surface area (Å²) in [7, 11) is 0. The van der Waals surface area contributed by atoms with Crippen molar-refractivity contribution in [1.82, 2.24) is 0 Å². The Morgan fingerprint density at radius 1 is 1.09 bits per heavy atom. The fourth-order valence-corrected chi connectivity index (χ4v) is 2.05. The molecule has 0 amide bonds. The minimum atomic E-state index is 0.0381. The Kier molecular flexibility index (Phi) is 2.90. The summed E-state index contributed by atoms with van der Waals surface area (Å²) in [5.41, 5.74) is 3.76. The van der Waals surface area contributed by atoms with Crippen LogP contribution in [0.25, 0.3) is 0 Å². The molecule has 60 valence electrons. The van der Waals surface area contributed by atoms with Crippen molar-refractivity contribution in [3.63, 3.8) is 0 Å². The Morgan fingerprint density at radius 2 is 1.55 bits per heavy atom. The average molecular weight is 184 g/mol. The molecule has 0 unspecified atom stereocenters. The van der Waals surface area contributed by atoms with Crippen LogP contribution in [0, 0.1) is 13.8 Å². The molecule has 0 heterocycles. The minimum Gasteiger partial charge on any atom is -0.160 e. The van der Waals surface area contributed by atoms with Gasteiger partial charge in [-0.25, -0.2) is 0 Å². The van der Waals surface area contributed by atoms with Crippen LogP contribution in [0.5, 0.6) is 0 Å². The summed E-state index contributed by atoms with van der Waals surface area (Å²) in [6.45, 7) is 4.17. The highest BCUT2D eigenvalue weighted by molar-refractivity contribution is 7.98. The zero-order valence-electron chi connectivity index (χ0n) is 6.70. The summed E-state index contributed by atoms with van der Waals surface area (Å²) >= 11 is 8.58. The van der Waals surface area contributed by atoms with Gasteiger partial charge in [0.2, 0.25) is 0 Å². The van der Waals surface area contributed by atoms with Gasteiger partial charge in [0.05, 0.1) is 4.58 Å². The molecule has 1 rings (SSSR count). The summed E-state index contributed by atoms with van der Waals surface area (Å²) in [6, 6.07) is 6.22. The van der Waals surface area contributed by atoms with Crippen LogP contribution in [-0.4, -0.2) is 0 Å². The van der Waals surface area contributed by atoms with Gasteiger partial charge in [0.1, 0.15) is 0 Å². The van der Waals surface area contributed by atoms with E-state index >= 15 is 0 Å². The van der Waals surface area contributed by atoms with Gasteiger partial charge in [-0.05, 0) is 30.5 Å². The van der Waals surface area contributed by atoms with E-state index < -0.39 is 0 Å². The molecule has 0 N–H and O–H groups in total. The molecule has 0 atom stereocenters. The molecule has 0 aromatic heterocycles. The van der Waals surface area contributed by atoms with Gasteiger partial charge in [0.25, 0.3) is 0 Å². The van der Waals surface area contributed by atoms with E-state index in [2.05, 4.69) is 57.3 Å². The van der Waals surface area contributed by atoms with Crippen LogP contribution in [-0.2, 0) is 0 Å². The lowest BCUT2D eigenvalue weighted by Gasteiger charge is -2.10. The van der Waals surface area contributed by atoms with Gasteiger partial charge in [-0.15, -0.1) is 0 Å². The van der Waals surface area contributed by atoms with Gasteiger partial charge < -0.3 is 0 Å². The van der Waals surface area contributed by atoms with Crippen molar-refractivity contribution in [2.45, 2.75) is 18.4 Å². The quantitative estimate of drug-likeness (QED) is 0.486. The van der Waals surface area contributed by atoms with E-state index in [9.17, 15) is 0 Å². The van der Waals surface area contributed by atoms with Crippen LogP contribution in [0.15, 0.2) is 18.2 Å². The lowest BCUT2D eigenvalue weighted by Crippen LogP contribution is -1.91. The standard InChI is InChI=1S/C9H12S2/c1-6-4-3-5-7(2)8(6)9(10)11/h3-5,9-11H,1-2H3. The molecule has 11 heavy (non-hydrogen) atoms. The molecule has 0 saturated heterocycles. The third-order valence-corrected chi connectivity index (χ3v) is 2.32. The maximum Gasteiger partial charge on any atom is 0.0697 e. The number of hydrogen-bond acceptors (Lipinski definition) is 2. The van der Waals surface area contributed by atoms with Crippen LogP contribution in [0.2, 0.25) is 0 Å². The van der Waals surface area contributed by atoms with E-state index in [1.807, 2.05) is 0 Å². The Balaban J connectivity index is 3.21. The van der Waals surface area contributed by atoms with Crippen molar-refractivity contribution < 1.29 is 0 Å². The van der Waals surface area contributed by atoms with Crippen molar-refractivity contribution in [2.24, 2.45) is 0 Å². The fourth-order valence-electron chi connectivity index (χ4n) is 1.23. The van der Waals surface area contributed by atoms with Crippen LogP contribution < -0.4 is 0 Å². The molecule has 0 saturated carbocycles. The molecule has 0 aliphatic heterocycles. The smallest absolute Gasteiger partial charge is 0.0697 e. The SMILES string of the molecule is Cc1cccc(C)c1C(S)S. The molecule has 0 aliphatic rings. The van der Waals surface area contributed by atoms with E-state index in [0.717, 1.165) is 0 Å². The fraction of sp³-hybridized carbons (Fsp3) is 0.333. The second-order valence-electron chi connectivity index (χ2n) is 2.68. The highest BCUT2D eigenvalue weighted by Crippen LogP contribution is 2.29. The summed E-state index contributed by atoms with van der Waals surface area (Å²) < 4.78 is 0.0381. The highest BCUT2D eigenvalue weighted by Gasteiger charge is 2.06. The Morgan fingerprint density at radius 3 is 1.82 bits per heavy atom. The first-order valence-electron chi connectivity index (χ1n) is 3.55. The van der Waals surface area contributed by atoms with Gasteiger partial charge in [-0.1, -0.05) is 18.2 Å². The van der Waals surface area contributed by atoms with E-state index in [0.29, 0.717) is 0 Å². The molecule has 1 aromatic carbocycles. The van der Waals surface area contributed by atoms with Crippen molar-refractivity contribution in [2.75, 3.05) is 0 Å². The Hall–Kier alpha value is -0.0800. The molecule has 0 nitrogen and oxygen atoms in total. The number of rotatable bonds is 1. The lowest BCUT2D eigenvalue weighted by molar-refractivity contribution is 1.23. The second-order valence-corrected chi connectivity index (χ2v) is 4.12. The summed E-state index contributed by atoms with van der Waals surface area (Å²) in [6.07, 6.45) is 0. The topological polar surface area (TPSA) is 0 Å². The number of aryl methyl sites for hydroxylation is 2. The molecular weight excluding hydrogens is 172 g/mol. The molecule has 0 fully saturated rings. The van der Waals surface area contributed by atoms with Crippen molar-refractivity contribution in [3.05, 3.63) is 34.9 Å². The molecular formula is C9H12S2. The van der Waals surface area contributed by atoms with E-state index in [1.54, 1.807) is 0 Å². The molecule has 0 spiro atoms. The predicted molar refractivity (Wildman–Crippen MR) is 56.6 cm³/mol. The summed E-state index contributed by atoms with van der Waals surface area (Å²) in [5, 5.41) is 0.